The molecule has 0 aliphatic heterocycles. The van der Waals surface area contributed by atoms with E-state index in [9.17, 15) is 4.79 Å². The van der Waals surface area contributed by atoms with Crippen LogP contribution in [0.25, 0.3) is 16.8 Å². The highest BCUT2D eigenvalue weighted by molar-refractivity contribution is 7.10. The number of ketones is 1. The van der Waals surface area contributed by atoms with E-state index in [1.807, 2.05) is 60.0 Å². The number of hydrogen-bond donors (Lipinski definition) is 0. The number of ether oxygens (including phenoxy) is 1. The summed E-state index contributed by atoms with van der Waals surface area (Å²) in [4.78, 5) is 13.5. The van der Waals surface area contributed by atoms with Gasteiger partial charge in [-0.3, -0.25) is 4.79 Å². The van der Waals surface area contributed by atoms with Crippen molar-refractivity contribution in [3.8, 4) is 5.75 Å². The van der Waals surface area contributed by atoms with Crippen LogP contribution in [0.3, 0.4) is 0 Å². The minimum absolute atomic E-state index is 0.00209. The molecule has 2 nitrogen and oxygen atoms in total. The van der Waals surface area contributed by atoms with E-state index in [1.165, 1.54) is 0 Å². The van der Waals surface area contributed by atoms with Gasteiger partial charge < -0.3 is 4.74 Å². The third kappa shape index (κ3) is 2.73. The Labute approximate surface area is 127 Å². The van der Waals surface area contributed by atoms with E-state index in [1.54, 1.807) is 24.5 Å². The molecule has 104 valence electrons. The number of allylic oxidation sites excluding steroid dienone is 1. The highest BCUT2D eigenvalue weighted by Gasteiger charge is 2.10. The monoisotopic (exact) mass is 294 g/mol. The summed E-state index contributed by atoms with van der Waals surface area (Å²) in [6, 6.07) is 15.4. The zero-order valence-corrected chi connectivity index (χ0v) is 12.4. The van der Waals surface area contributed by atoms with E-state index in [0.717, 1.165) is 21.4 Å². The smallest absolute Gasteiger partial charge is 0.186 e. The van der Waals surface area contributed by atoms with Crippen molar-refractivity contribution in [1.29, 1.82) is 0 Å². The summed E-state index contributed by atoms with van der Waals surface area (Å²) in [7, 11) is 1.64. The van der Waals surface area contributed by atoms with Crippen LogP contribution in [0.4, 0.5) is 0 Å². The lowest BCUT2D eigenvalue weighted by atomic mass is 10.0. The highest BCUT2D eigenvalue weighted by atomic mass is 32.1. The topological polar surface area (TPSA) is 26.3 Å². The average Bonchev–Trinajstić information content (AvgIpc) is 3.05. The zero-order chi connectivity index (χ0) is 14.7. The normalized spacial score (nSPS) is 11.1. The lowest BCUT2D eigenvalue weighted by Gasteiger charge is -2.08. The van der Waals surface area contributed by atoms with Gasteiger partial charge in [0.2, 0.25) is 0 Å². The second-order valence-electron chi connectivity index (χ2n) is 4.57. The second kappa shape index (κ2) is 5.94. The van der Waals surface area contributed by atoms with Gasteiger partial charge in [-0.15, -0.1) is 11.3 Å². The van der Waals surface area contributed by atoms with Gasteiger partial charge in [-0.1, -0.05) is 30.3 Å². The van der Waals surface area contributed by atoms with Crippen molar-refractivity contribution in [1.82, 2.24) is 0 Å². The Morgan fingerprint density at radius 2 is 1.86 bits per heavy atom. The van der Waals surface area contributed by atoms with Gasteiger partial charge >= 0.3 is 0 Å². The molecule has 0 aliphatic carbocycles. The molecule has 3 heteroatoms. The SMILES string of the molecule is COc1ccc(C(=O)/C=C/c2cccs2)c2ccccc12. The van der Waals surface area contributed by atoms with Crippen LogP contribution in [0.1, 0.15) is 15.2 Å². The van der Waals surface area contributed by atoms with Gasteiger partial charge in [0.15, 0.2) is 5.78 Å². The summed E-state index contributed by atoms with van der Waals surface area (Å²) in [6.45, 7) is 0. The lowest BCUT2D eigenvalue weighted by molar-refractivity contribution is 0.104. The molecule has 1 aromatic heterocycles. The van der Waals surface area contributed by atoms with Crippen molar-refractivity contribution < 1.29 is 9.53 Å². The van der Waals surface area contributed by atoms with E-state index in [2.05, 4.69) is 0 Å². The molecule has 3 rings (SSSR count). The van der Waals surface area contributed by atoms with Gasteiger partial charge in [-0.2, -0.15) is 0 Å². The van der Waals surface area contributed by atoms with Gasteiger partial charge in [0.25, 0.3) is 0 Å². The Morgan fingerprint density at radius 3 is 2.57 bits per heavy atom. The second-order valence-corrected chi connectivity index (χ2v) is 5.55. The van der Waals surface area contributed by atoms with Crippen molar-refractivity contribution >= 4 is 34.0 Å². The minimum Gasteiger partial charge on any atom is -0.496 e. The van der Waals surface area contributed by atoms with Crippen molar-refractivity contribution in [2.24, 2.45) is 0 Å². The quantitative estimate of drug-likeness (QED) is 0.510. The van der Waals surface area contributed by atoms with Gasteiger partial charge in [0, 0.05) is 15.8 Å². The molecule has 0 aliphatic rings. The maximum absolute atomic E-state index is 12.4. The summed E-state index contributed by atoms with van der Waals surface area (Å²) in [6.07, 6.45) is 3.48. The maximum Gasteiger partial charge on any atom is 0.186 e. The lowest BCUT2D eigenvalue weighted by Crippen LogP contribution is -1.97. The fourth-order valence-electron chi connectivity index (χ4n) is 2.30. The third-order valence-electron chi connectivity index (χ3n) is 3.31. The van der Waals surface area contributed by atoms with Crippen LogP contribution in [-0.4, -0.2) is 12.9 Å². The van der Waals surface area contributed by atoms with Crippen molar-refractivity contribution in [3.05, 3.63) is 70.4 Å². The zero-order valence-electron chi connectivity index (χ0n) is 11.6. The molecule has 0 radical (unpaired) electrons. The van der Waals surface area contributed by atoms with E-state index < -0.39 is 0 Å². The predicted octanol–water partition coefficient (Wildman–Crippen LogP) is 4.81. The Morgan fingerprint density at radius 1 is 1.05 bits per heavy atom. The van der Waals surface area contributed by atoms with Crippen LogP contribution in [0.15, 0.2) is 60.0 Å². The first-order valence-corrected chi connectivity index (χ1v) is 7.49. The summed E-state index contributed by atoms with van der Waals surface area (Å²) in [5.41, 5.74) is 0.694. The van der Waals surface area contributed by atoms with E-state index >= 15 is 0 Å². The molecule has 0 N–H and O–H groups in total. The molecule has 21 heavy (non-hydrogen) atoms. The largest absolute Gasteiger partial charge is 0.496 e. The Bertz CT molecular complexity index is 801. The number of carbonyl (C=O) groups excluding carboxylic acids is 1. The van der Waals surface area contributed by atoms with Crippen LogP contribution in [-0.2, 0) is 0 Å². The van der Waals surface area contributed by atoms with Crippen LogP contribution < -0.4 is 4.74 Å². The van der Waals surface area contributed by atoms with Crippen LogP contribution >= 0.6 is 11.3 Å². The van der Waals surface area contributed by atoms with E-state index in [0.29, 0.717) is 5.56 Å². The fourth-order valence-corrected chi connectivity index (χ4v) is 2.92. The summed E-state index contributed by atoms with van der Waals surface area (Å²) >= 11 is 1.61. The average molecular weight is 294 g/mol. The molecule has 2 aromatic carbocycles. The van der Waals surface area contributed by atoms with Crippen LogP contribution in [0.2, 0.25) is 0 Å². The standard InChI is InChI=1S/C18H14O2S/c1-20-18-11-9-15(14-6-2-3-7-16(14)18)17(19)10-8-13-5-4-12-21-13/h2-12H,1H3/b10-8+. The number of benzene rings is 2. The number of fused-ring (bicyclic) bond motifs is 1. The number of methoxy groups -OCH3 is 1. The minimum atomic E-state index is 0.00209. The maximum atomic E-state index is 12.4. The molecule has 0 spiro atoms. The van der Waals surface area contributed by atoms with Gasteiger partial charge in [-0.05, 0) is 41.1 Å². The number of thiophene rings is 1. The van der Waals surface area contributed by atoms with Crippen molar-refractivity contribution in [2.45, 2.75) is 0 Å². The molecule has 0 bridgehead atoms. The first-order valence-electron chi connectivity index (χ1n) is 6.61. The van der Waals surface area contributed by atoms with Gasteiger partial charge in [0.05, 0.1) is 7.11 Å². The van der Waals surface area contributed by atoms with E-state index in [-0.39, 0.29) is 5.78 Å². The van der Waals surface area contributed by atoms with Crippen molar-refractivity contribution in [3.63, 3.8) is 0 Å². The molecule has 0 saturated heterocycles. The van der Waals surface area contributed by atoms with Crippen LogP contribution in [0.5, 0.6) is 5.75 Å². The molecule has 3 aromatic rings. The third-order valence-corrected chi connectivity index (χ3v) is 4.15. The first kappa shape index (κ1) is 13.6. The summed E-state index contributed by atoms with van der Waals surface area (Å²) in [5.74, 6) is 0.784. The highest BCUT2D eigenvalue weighted by Crippen LogP contribution is 2.28. The van der Waals surface area contributed by atoms with Crippen molar-refractivity contribution in [2.75, 3.05) is 7.11 Å². The molecule has 0 fully saturated rings. The summed E-state index contributed by atoms with van der Waals surface area (Å²) in [5, 5.41) is 3.86. The van der Waals surface area contributed by atoms with Crippen LogP contribution in [0, 0.1) is 0 Å². The molecule has 0 unspecified atom stereocenters. The molecule has 0 atom stereocenters. The summed E-state index contributed by atoms with van der Waals surface area (Å²) < 4.78 is 5.35. The molecule has 1 heterocycles. The molecular weight excluding hydrogens is 280 g/mol. The Hall–Kier alpha value is -2.39. The van der Waals surface area contributed by atoms with Gasteiger partial charge in [0.1, 0.15) is 5.75 Å². The van der Waals surface area contributed by atoms with Gasteiger partial charge in [-0.25, -0.2) is 0 Å². The molecule has 0 amide bonds. The number of carbonyl (C=O) groups is 1. The van der Waals surface area contributed by atoms with E-state index in [4.69, 9.17) is 4.74 Å². The number of hydrogen-bond acceptors (Lipinski definition) is 3. The number of rotatable bonds is 4. The first-order chi connectivity index (χ1) is 10.3. The predicted molar refractivity (Wildman–Crippen MR) is 88.2 cm³/mol. The Balaban J connectivity index is 2.02. The fraction of sp³-hybridized carbons (Fsp3) is 0.0556. The molecule has 0 saturated carbocycles. The Kier molecular flexibility index (Phi) is 3.84. The molecular formula is C18H14O2S.